The zero-order valence-corrected chi connectivity index (χ0v) is 15.0. The lowest BCUT2D eigenvalue weighted by molar-refractivity contribution is -0.151. The number of hydrogen-bond acceptors (Lipinski definition) is 4. The Morgan fingerprint density at radius 3 is 2.58 bits per heavy atom. The third kappa shape index (κ3) is 3.69. The third-order valence-corrected chi connectivity index (χ3v) is 4.67. The van der Waals surface area contributed by atoms with Crippen LogP contribution in [0.5, 0.6) is 5.75 Å². The summed E-state index contributed by atoms with van der Waals surface area (Å²) in [7, 11) is 1.60. The predicted molar refractivity (Wildman–Crippen MR) is 99.9 cm³/mol. The number of methoxy groups -OCH3 is 1. The van der Waals surface area contributed by atoms with Gasteiger partial charge < -0.3 is 9.47 Å². The maximum Gasteiger partial charge on any atom is 0.317 e. The largest absolute Gasteiger partial charge is 0.497 e. The van der Waals surface area contributed by atoms with Crippen LogP contribution in [0.15, 0.2) is 60.7 Å². The van der Waals surface area contributed by atoms with E-state index < -0.39 is 11.9 Å². The molecule has 1 aliphatic carbocycles. The van der Waals surface area contributed by atoms with E-state index >= 15 is 0 Å². The highest BCUT2D eigenvalue weighted by Gasteiger charge is 2.39. The molecule has 3 rings (SSSR count). The Balaban J connectivity index is 2.03. The first kappa shape index (κ1) is 17.9. The minimum absolute atomic E-state index is 0.207. The summed E-state index contributed by atoms with van der Waals surface area (Å²) in [6, 6.07) is 17.3. The van der Waals surface area contributed by atoms with Crippen LogP contribution in [0, 0.1) is 5.92 Å². The Bertz CT molecular complexity index is 823. The average molecular weight is 350 g/mol. The Hall–Kier alpha value is -2.88. The van der Waals surface area contributed by atoms with Crippen LogP contribution in [-0.4, -0.2) is 25.5 Å². The van der Waals surface area contributed by atoms with Crippen molar-refractivity contribution in [3.63, 3.8) is 0 Å². The van der Waals surface area contributed by atoms with Crippen molar-refractivity contribution in [2.24, 2.45) is 5.92 Å². The van der Waals surface area contributed by atoms with Crippen LogP contribution in [0.3, 0.4) is 0 Å². The zero-order valence-electron chi connectivity index (χ0n) is 15.0. The highest BCUT2D eigenvalue weighted by atomic mass is 16.5. The second-order valence-corrected chi connectivity index (χ2v) is 6.25. The molecule has 4 nitrogen and oxygen atoms in total. The fraction of sp³-hybridized carbons (Fsp3) is 0.273. The monoisotopic (exact) mass is 350 g/mol. The molecular weight excluding hydrogens is 328 g/mol. The number of carbonyl (C=O) groups excluding carboxylic acids is 2. The first-order chi connectivity index (χ1) is 12.6. The lowest BCUT2D eigenvalue weighted by atomic mass is 9.73. The van der Waals surface area contributed by atoms with Gasteiger partial charge in [0.25, 0.3) is 0 Å². The van der Waals surface area contributed by atoms with E-state index in [0.717, 1.165) is 16.7 Å². The Morgan fingerprint density at radius 2 is 1.88 bits per heavy atom. The second kappa shape index (κ2) is 8.00. The van der Waals surface area contributed by atoms with E-state index in [4.69, 9.17) is 9.47 Å². The van der Waals surface area contributed by atoms with E-state index in [0.29, 0.717) is 12.2 Å². The highest BCUT2D eigenvalue weighted by molar-refractivity contribution is 6.10. The van der Waals surface area contributed by atoms with Gasteiger partial charge in [0.15, 0.2) is 5.78 Å². The van der Waals surface area contributed by atoms with Gasteiger partial charge in [-0.05, 0) is 48.3 Å². The van der Waals surface area contributed by atoms with E-state index in [2.05, 4.69) is 0 Å². The van der Waals surface area contributed by atoms with Crippen LogP contribution < -0.4 is 4.74 Å². The van der Waals surface area contributed by atoms with E-state index in [1.54, 1.807) is 20.1 Å². The number of carbonyl (C=O) groups is 2. The van der Waals surface area contributed by atoms with Gasteiger partial charge in [-0.15, -0.1) is 0 Å². The second-order valence-electron chi connectivity index (χ2n) is 6.25. The van der Waals surface area contributed by atoms with Gasteiger partial charge in [-0.3, -0.25) is 9.59 Å². The number of allylic oxidation sites excluding steroid dienone is 2. The first-order valence-corrected chi connectivity index (χ1v) is 8.74. The number of ether oxygens (including phenoxy) is 2. The summed E-state index contributed by atoms with van der Waals surface area (Å²) >= 11 is 0. The molecule has 0 spiro atoms. The summed E-state index contributed by atoms with van der Waals surface area (Å²) < 4.78 is 10.5. The number of benzene rings is 2. The molecule has 0 amide bonds. The molecule has 0 bridgehead atoms. The van der Waals surface area contributed by atoms with Crippen molar-refractivity contribution in [3.8, 4) is 5.75 Å². The highest BCUT2D eigenvalue weighted by Crippen LogP contribution is 2.41. The molecule has 0 N–H and O–H groups in total. The molecule has 1 aliphatic rings. The molecule has 0 saturated carbocycles. The standard InChI is InChI=1S/C22H22O4/c1-3-26-22(24)21-19(16-10-7-11-18(12-16)25-2)13-17(14-20(21)23)15-8-5-4-6-9-15/h4-12,14,19,21H,3,13H2,1-2H3/t19-,21+/m1/s1. The number of hydrogen-bond donors (Lipinski definition) is 0. The fourth-order valence-electron chi connectivity index (χ4n) is 3.42. The molecule has 0 aromatic heterocycles. The van der Waals surface area contributed by atoms with Crippen LogP contribution in [0.2, 0.25) is 0 Å². The quantitative estimate of drug-likeness (QED) is 0.604. The van der Waals surface area contributed by atoms with Gasteiger partial charge in [-0.2, -0.15) is 0 Å². The van der Waals surface area contributed by atoms with Gasteiger partial charge in [0.1, 0.15) is 11.7 Å². The summed E-state index contributed by atoms with van der Waals surface area (Å²) in [6.07, 6.45) is 2.18. The Morgan fingerprint density at radius 1 is 1.12 bits per heavy atom. The van der Waals surface area contributed by atoms with Crippen molar-refractivity contribution in [2.75, 3.05) is 13.7 Å². The molecule has 0 unspecified atom stereocenters. The molecule has 2 atom stereocenters. The van der Waals surface area contributed by atoms with E-state index in [9.17, 15) is 9.59 Å². The van der Waals surface area contributed by atoms with Crippen molar-refractivity contribution < 1.29 is 19.1 Å². The third-order valence-electron chi connectivity index (χ3n) is 4.67. The maximum atomic E-state index is 12.8. The number of esters is 1. The molecule has 0 saturated heterocycles. The van der Waals surface area contributed by atoms with Gasteiger partial charge in [0.05, 0.1) is 13.7 Å². The van der Waals surface area contributed by atoms with Gasteiger partial charge in [-0.25, -0.2) is 0 Å². The van der Waals surface area contributed by atoms with E-state index in [1.807, 2.05) is 54.6 Å². The molecule has 26 heavy (non-hydrogen) atoms. The molecule has 2 aromatic rings. The van der Waals surface area contributed by atoms with Gasteiger partial charge >= 0.3 is 5.97 Å². The van der Waals surface area contributed by atoms with Crippen LogP contribution in [-0.2, 0) is 14.3 Å². The summed E-state index contributed by atoms with van der Waals surface area (Å²) in [5, 5.41) is 0. The predicted octanol–water partition coefficient (Wildman–Crippen LogP) is 4.01. The van der Waals surface area contributed by atoms with Crippen molar-refractivity contribution >= 4 is 17.3 Å². The minimum atomic E-state index is -0.825. The van der Waals surface area contributed by atoms with Crippen LogP contribution in [0.4, 0.5) is 0 Å². The maximum absolute atomic E-state index is 12.8. The van der Waals surface area contributed by atoms with Crippen molar-refractivity contribution in [3.05, 3.63) is 71.8 Å². The topological polar surface area (TPSA) is 52.6 Å². The molecule has 0 heterocycles. The van der Waals surface area contributed by atoms with Crippen LogP contribution in [0.25, 0.3) is 5.57 Å². The Labute approximate surface area is 153 Å². The van der Waals surface area contributed by atoms with Crippen LogP contribution >= 0.6 is 0 Å². The minimum Gasteiger partial charge on any atom is -0.497 e. The lowest BCUT2D eigenvalue weighted by Crippen LogP contribution is -2.34. The Kier molecular flexibility index (Phi) is 5.52. The van der Waals surface area contributed by atoms with Gasteiger partial charge in [-0.1, -0.05) is 42.5 Å². The lowest BCUT2D eigenvalue weighted by Gasteiger charge is -2.29. The normalized spacial score (nSPS) is 19.6. The van der Waals surface area contributed by atoms with E-state index in [1.165, 1.54) is 0 Å². The number of rotatable bonds is 5. The first-order valence-electron chi connectivity index (χ1n) is 8.74. The smallest absolute Gasteiger partial charge is 0.317 e. The SMILES string of the molecule is CCOC(=O)[C@@H]1C(=O)C=C(c2ccccc2)C[C@@H]1c1cccc(OC)c1. The fourth-order valence-corrected chi connectivity index (χ4v) is 3.42. The molecule has 134 valence electrons. The van der Waals surface area contributed by atoms with Gasteiger partial charge in [0, 0.05) is 5.92 Å². The number of ketones is 1. The molecule has 0 aliphatic heterocycles. The van der Waals surface area contributed by atoms with Crippen LogP contribution in [0.1, 0.15) is 30.4 Å². The summed E-state index contributed by atoms with van der Waals surface area (Å²) in [5.74, 6) is -1.07. The van der Waals surface area contributed by atoms with Crippen molar-refractivity contribution in [1.29, 1.82) is 0 Å². The molecule has 0 radical (unpaired) electrons. The molecule has 0 fully saturated rings. The summed E-state index contributed by atoms with van der Waals surface area (Å²) in [5.41, 5.74) is 2.83. The molecular formula is C22H22O4. The van der Waals surface area contributed by atoms with Crippen molar-refractivity contribution in [2.45, 2.75) is 19.3 Å². The molecule has 4 heteroatoms. The van der Waals surface area contributed by atoms with E-state index in [-0.39, 0.29) is 18.3 Å². The van der Waals surface area contributed by atoms with Gasteiger partial charge in [0.2, 0.25) is 0 Å². The molecule has 2 aromatic carbocycles. The average Bonchev–Trinajstić information content (AvgIpc) is 2.68. The summed E-state index contributed by atoms with van der Waals surface area (Å²) in [4.78, 5) is 25.3. The van der Waals surface area contributed by atoms with Crippen molar-refractivity contribution in [1.82, 2.24) is 0 Å². The zero-order chi connectivity index (χ0) is 18.5. The summed E-state index contributed by atoms with van der Waals surface area (Å²) in [6.45, 7) is 2.00.